The van der Waals surface area contributed by atoms with Crippen LogP contribution in [-0.2, 0) is 4.79 Å². The van der Waals surface area contributed by atoms with Crippen molar-refractivity contribution in [1.82, 2.24) is 5.32 Å². The van der Waals surface area contributed by atoms with E-state index in [-0.39, 0.29) is 6.61 Å². The molecule has 5 nitrogen and oxygen atoms in total. The zero-order valence-corrected chi connectivity index (χ0v) is 38.3. The Morgan fingerprint density at radius 3 is 0.804 bits per heavy atom. The number of nitrogens with one attached hydrogen (secondary N) is 1. The van der Waals surface area contributed by atoms with Gasteiger partial charge in [0.2, 0.25) is 5.91 Å². The van der Waals surface area contributed by atoms with Crippen molar-refractivity contribution in [3.63, 3.8) is 0 Å². The van der Waals surface area contributed by atoms with E-state index in [1.807, 2.05) is 0 Å². The lowest BCUT2D eigenvalue weighted by Crippen LogP contribution is -2.49. The van der Waals surface area contributed by atoms with E-state index in [9.17, 15) is 20.1 Å². The largest absolute Gasteiger partial charge is 0.394 e. The highest BCUT2D eigenvalue weighted by atomic mass is 16.3. The average Bonchev–Trinajstić information content (AvgIpc) is 3.20. The van der Waals surface area contributed by atoms with Crippen molar-refractivity contribution in [2.45, 2.75) is 315 Å². The van der Waals surface area contributed by atoms with Crippen molar-refractivity contribution < 1.29 is 20.1 Å². The molecule has 0 aromatic heterocycles. The first-order valence-corrected chi connectivity index (χ1v) is 25.8. The molecule has 0 heterocycles. The summed E-state index contributed by atoms with van der Waals surface area (Å²) in [5.74, 6) is -0.463. The predicted octanol–water partition coefficient (Wildman–Crippen LogP) is 15.4. The van der Waals surface area contributed by atoms with E-state index in [4.69, 9.17) is 0 Å². The average molecular weight is 794 g/mol. The molecule has 0 radical (unpaired) electrons. The van der Waals surface area contributed by atoms with Gasteiger partial charge in [-0.2, -0.15) is 0 Å². The van der Waals surface area contributed by atoms with Crippen LogP contribution >= 0.6 is 0 Å². The third-order valence-electron chi connectivity index (χ3n) is 12.5. The van der Waals surface area contributed by atoms with E-state index in [2.05, 4.69) is 19.2 Å². The molecular formula is C51H103NO4. The van der Waals surface area contributed by atoms with Gasteiger partial charge in [0.25, 0.3) is 0 Å². The van der Waals surface area contributed by atoms with Gasteiger partial charge in [-0.3, -0.25) is 4.79 Å². The molecule has 1 amide bonds. The number of unbranched alkanes of at least 4 members (excludes halogenated alkanes) is 40. The van der Waals surface area contributed by atoms with Crippen LogP contribution in [0.4, 0.5) is 0 Å². The molecule has 0 saturated heterocycles. The van der Waals surface area contributed by atoms with Gasteiger partial charge < -0.3 is 20.6 Å². The highest BCUT2D eigenvalue weighted by molar-refractivity contribution is 5.80. The highest BCUT2D eigenvalue weighted by Gasteiger charge is 2.23. The maximum Gasteiger partial charge on any atom is 0.249 e. The third-order valence-corrected chi connectivity index (χ3v) is 12.5. The summed E-state index contributed by atoms with van der Waals surface area (Å²) in [7, 11) is 0. The maximum absolute atomic E-state index is 12.5. The van der Waals surface area contributed by atoms with Crippen LogP contribution in [0.1, 0.15) is 296 Å². The van der Waals surface area contributed by atoms with Gasteiger partial charge in [0.05, 0.1) is 18.8 Å². The van der Waals surface area contributed by atoms with Crippen LogP contribution in [0.5, 0.6) is 0 Å². The zero-order chi connectivity index (χ0) is 40.8. The number of aliphatic hydroxyl groups is 3. The van der Waals surface area contributed by atoms with Crippen LogP contribution in [0.3, 0.4) is 0 Å². The Labute approximate surface area is 351 Å². The number of carbonyl (C=O) groups is 1. The molecule has 0 aliphatic heterocycles. The van der Waals surface area contributed by atoms with Crippen molar-refractivity contribution >= 4 is 5.91 Å². The summed E-state index contributed by atoms with van der Waals surface area (Å²) in [6.45, 7) is 4.27. The van der Waals surface area contributed by atoms with Crippen LogP contribution in [0, 0.1) is 0 Å². The Bertz CT molecular complexity index is 747. The normalized spacial score (nSPS) is 13.3. The second-order valence-electron chi connectivity index (χ2n) is 18.1. The fraction of sp³-hybridized carbons (Fsp3) is 0.980. The van der Waals surface area contributed by atoms with Gasteiger partial charge in [0, 0.05) is 0 Å². The van der Waals surface area contributed by atoms with Crippen molar-refractivity contribution in [3.8, 4) is 0 Å². The van der Waals surface area contributed by atoms with Gasteiger partial charge >= 0.3 is 0 Å². The summed E-state index contributed by atoms with van der Waals surface area (Å²) in [6, 6.07) is -0.706. The molecule has 0 saturated carbocycles. The summed E-state index contributed by atoms with van der Waals surface area (Å²) in [4.78, 5) is 12.5. The van der Waals surface area contributed by atoms with E-state index in [0.717, 1.165) is 32.1 Å². The molecule has 0 rings (SSSR count). The number of aliphatic hydroxyl groups excluding tert-OH is 3. The lowest BCUT2D eigenvalue weighted by molar-refractivity contribution is -0.131. The smallest absolute Gasteiger partial charge is 0.249 e. The fourth-order valence-electron chi connectivity index (χ4n) is 8.43. The predicted molar refractivity (Wildman–Crippen MR) is 246 cm³/mol. The van der Waals surface area contributed by atoms with Gasteiger partial charge in [0.1, 0.15) is 6.10 Å². The molecule has 0 bridgehead atoms. The van der Waals surface area contributed by atoms with Crippen LogP contribution in [-0.4, -0.2) is 46.1 Å². The number of carbonyl (C=O) groups excluding carboxylic acids is 1. The topological polar surface area (TPSA) is 89.8 Å². The number of amides is 1. The summed E-state index contributed by atoms with van der Waals surface area (Å²) >= 11 is 0. The van der Waals surface area contributed by atoms with Crippen LogP contribution in [0.25, 0.3) is 0 Å². The van der Waals surface area contributed by atoms with Gasteiger partial charge in [-0.15, -0.1) is 0 Å². The Hall–Kier alpha value is -0.650. The standard InChI is InChI=1S/C51H103NO4/c1-3-5-7-9-11-13-15-17-19-21-22-23-24-25-26-27-28-29-30-32-34-36-38-40-42-44-46-50(55)51(56)52-48(47-53)49(54)45-43-41-39-37-35-33-31-20-18-16-14-12-10-8-6-4-2/h48-50,53-55H,3-47H2,1-2H3,(H,52,56). The van der Waals surface area contributed by atoms with E-state index in [0.29, 0.717) is 12.8 Å². The molecule has 0 aliphatic carbocycles. The van der Waals surface area contributed by atoms with Crippen molar-refractivity contribution in [2.24, 2.45) is 0 Å². The Kier molecular flexibility index (Phi) is 46.5. The van der Waals surface area contributed by atoms with E-state index >= 15 is 0 Å². The molecule has 3 atom stereocenters. The van der Waals surface area contributed by atoms with Gasteiger partial charge in [-0.05, 0) is 12.8 Å². The summed E-state index contributed by atoms with van der Waals surface area (Å²) in [6.07, 6.45) is 55.6. The summed E-state index contributed by atoms with van der Waals surface area (Å²) in [5, 5.41) is 33.4. The van der Waals surface area contributed by atoms with Crippen molar-refractivity contribution in [2.75, 3.05) is 6.61 Å². The molecule has 56 heavy (non-hydrogen) atoms. The molecule has 336 valence electrons. The lowest BCUT2D eigenvalue weighted by Gasteiger charge is -2.23. The number of rotatable bonds is 48. The second-order valence-corrected chi connectivity index (χ2v) is 18.1. The first-order chi connectivity index (χ1) is 27.6. The minimum absolute atomic E-state index is 0.308. The van der Waals surface area contributed by atoms with Crippen molar-refractivity contribution in [1.29, 1.82) is 0 Å². The lowest BCUT2D eigenvalue weighted by atomic mass is 10.0. The molecule has 0 aromatic rings. The minimum Gasteiger partial charge on any atom is -0.394 e. The molecular weight excluding hydrogens is 691 g/mol. The Morgan fingerprint density at radius 2 is 0.571 bits per heavy atom. The first-order valence-electron chi connectivity index (χ1n) is 25.8. The van der Waals surface area contributed by atoms with Gasteiger partial charge in [-0.25, -0.2) is 0 Å². The molecule has 3 unspecified atom stereocenters. The van der Waals surface area contributed by atoms with Gasteiger partial charge in [-0.1, -0.05) is 284 Å². The first kappa shape index (κ1) is 55.4. The zero-order valence-electron chi connectivity index (χ0n) is 38.3. The summed E-state index contributed by atoms with van der Waals surface area (Å²) in [5.41, 5.74) is 0. The molecule has 0 fully saturated rings. The van der Waals surface area contributed by atoms with Gasteiger partial charge in [0.15, 0.2) is 0 Å². The minimum atomic E-state index is -1.07. The van der Waals surface area contributed by atoms with Crippen molar-refractivity contribution in [3.05, 3.63) is 0 Å². The van der Waals surface area contributed by atoms with Crippen LogP contribution in [0.2, 0.25) is 0 Å². The third kappa shape index (κ3) is 41.5. The molecule has 0 aromatic carbocycles. The SMILES string of the molecule is CCCCCCCCCCCCCCCCCCCCCCCCCCCCC(O)C(=O)NC(CO)C(O)CCCCCCCCCCCCCCCCCC. The monoisotopic (exact) mass is 794 g/mol. The Balaban J connectivity index is 3.50. The van der Waals surface area contributed by atoms with E-state index in [1.54, 1.807) is 0 Å². The Morgan fingerprint density at radius 1 is 0.357 bits per heavy atom. The molecule has 5 heteroatoms. The van der Waals surface area contributed by atoms with E-state index in [1.165, 1.54) is 238 Å². The summed E-state index contributed by atoms with van der Waals surface area (Å²) < 4.78 is 0. The fourth-order valence-corrected chi connectivity index (χ4v) is 8.43. The number of hydrogen-bond acceptors (Lipinski definition) is 4. The van der Waals surface area contributed by atoms with Crippen LogP contribution < -0.4 is 5.32 Å². The van der Waals surface area contributed by atoms with Crippen LogP contribution in [0.15, 0.2) is 0 Å². The van der Waals surface area contributed by atoms with E-state index < -0.39 is 24.2 Å². The maximum atomic E-state index is 12.5. The molecule has 0 aliphatic rings. The second kappa shape index (κ2) is 47.0. The molecule has 0 spiro atoms. The number of hydrogen-bond donors (Lipinski definition) is 4. The molecule has 4 N–H and O–H groups in total. The quantitative estimate of drug-likeness (QED) is 0.0462. The highest BCUT2D eigenvalue weighted by Crippen LogP contribution is 2.18.